The van der Waals surface area contributed by atoms with Gasteiger partial charge in [0.05, 0.1) is 17.6 Å². The van der Waals surface area contributed by atoms with Gasteiger partial charge in [0.25, 0.3) is 5.91 Å². The fraction of sp³-hybridized carbons (Fsp3) is 0.474. The van der Waals surface area contributed by atoms with E-state index in [9.17, 15) is 18.0 Å². The highest BCUT2D eigenvalue weighted by molar-refractivity contribution is 7.12. The third-order valence-electron chi connectivity index (χ3n) is 5.10. The minimum absolute atomic E-state index is 0.0951. The number of amides is 1. The zero-order chi connectivity index (χ0) is 22.4. The average Bonchev–Trinajstić information content (AvgIpc) is 3.42. The van der Waals surface area contributed by atoms with Crippen molar-refractivity contribution in [1.82, 2.24) is 14.9 Å². The monoisotopic (exact) mass is 458 g/mol. The van der Waals surface area contributed by atoms with Crippen molar-refractivity contribution in [1.29, 1.82) is 0 Å². The van der Waals surface area contributed by atoms with Gasteiger partial charge in [0.1, 0.15) is 0 Å². The molecule has 12 heteroatoms. The second-order valence-corrected chi connectivity index (χ2v) is 8.02. The molecule has 8 nitrogen and oxygen atoms in total. The number of aliphatic carboxylic acids is 1. The van der Waals surface area contributed by atoms with E-state index in [1.54, 1.807) is 18.5 Å². The average molecular weight is 458 g/mol. The van der Waals surface area contributed by atoms with E-state index in [1.807, 2.05) is 22.4 Å². The van der Waals surface area contributed by atoms with Crippen molar-refractivity contribution in [3.05, 3.63) is 40.8 Å². The molecule has 2 aliphatic heterocycles. The molecule has 0 unspecified atom stereocenters. The third kappa shape index (κ3) is 6.14. The maximum absolute atomic E-state index is 12.6. The number of carbonyl (C=O) groups excluding carboxylic acids is 1. The van der Waals surface area contributed by atoms with E-state index in [0.717, 1.165) is 31.0 Å². The quantitative estimate of drug-likeness (QED) is 0.726. The molecule has 2 saturated heterocycles. The van der Waals surface area contributed by atoms with Crippen LogP contribution in [-0.4, -0.2) is 70.4 Å². The van der Waals surface area contributed by atoms with Gasteiger partial charge in [-0.15, -0.1) is 11.3 Å². The highest BCUT2D eigenvalue weighted by atomic mass is 32.1. The zero-order valence-corrected chi connectivity index (χ0v) is 17.1. The predicted molar refractivity (Wildman–Crippen MR) is 106 cm³/mol. The summed E-state index contributed by atoms with van der Waals surface area (Å²) in [7, 11) is 0. The lowest BCUT2D eigenvalue weighted by molar-refractivity contribution is -0.192. The number of nitrogens with zero attached hydrogens (tertiary/aromatic N) is 3. The smallest absolute Gasteiger partial charge is 0.475 e. The maximum Gasteiger partial charge on any atom is 0.490 e. The molecule has 4 rings (SSSR count). The van der Waals surface area contributed by atoms with Crippen LogP contribution in [0.5, 0.6) is 0 Å². The molecule has 31 heavy (non-hydrogen) atoms. The van der Waals surface area contributed by atoms with Gasteiger partial charge in [-0.3, -0.25) is 4.79 Å². The Hall–Kier alpha value is -2.73. The standard InChI is InChI=1S/C17H20N4O2S.C2HF3O2/c22-16(15-3-1-8-24-15)21-7-4-12-11-23-14(13(12)10-21)9-20-17-18-5-2-6-19-17;3-2(4,5)1(6)7/h1-3,5-6,8,12-14H,4,7,9-11H2,(H,18,19,20);(H,6,7)/t12-,13-,14+;/m1./s1. The van der Waals surface area contributed by atoms with Crippen molar-refractivity contribution in [2.75, 3.05) is 31.6 Å². The molecule has 0 radical (unpaired) electrons. The summed E-state index contributed by atoms with van der Waals surface area (Å²) in [4.78, 5) is 32.6. The molecule has 2 N–H and O–H groups in total. The number of fused-ring (bicyclic) bond motifs is 1. The van der Waals surface area contributed by atoms with Crippen LogP contribution in [0.4, 0.5) is 19.1 Å². The van der Waals surface area contributed by atoms with E-state index in [-0.39, 0.29) is 12.0 Å². The summed E-state index contributed by atoms with van der Waals surface area (Å²) in [6, 6.07) is 5.62. The summed E-state index contributed by atoms with van der Waals surface area (Å²) in [6.07, 6.45) is -0.538. The Morgan fingerprint density at radius 2 is 2.00 bits per heavy atom. The van der Waals surface area contributed by atoms with Crippen LogP contribution in [0, 0.1) is 11.8 Å². The number of ether oxygens (including phenoxy) is 1. The van der Waals surface area contributed by atoms with Crippen LogP contribution < -0.4 is 5.32 Å². The normalized spacial score (nSPS) is 22.8. The number of thiophene rings is 1. The van der Waals surface area contributed by atoms with Crippen LogP contribution in [-0.2, 0) is 9.53 Å². The highest BCUT2D eigenvalue weighted by Crippen LogP contribution is 2.35. The van der Waals surface area contributed by atoms with Crippen LogP contribution in [0.1, 0.15) is 16.1 Å². The second-order valence-electron chi connectivity index (χ2n) is 7.07. The van der Waals surface area contributed by atoms with Crippen molar-refractivity contribution in [2.45, 2.75) is 18.7 Å². The molecule has 168 valence electrons. The van der Waals surface area contributed by atoms with Gasteiger partial charge < -0.3 is 20.1 Å². The van der Waals surface area contributed by atoms with Gasteiger partial charge in [-0.2, -0.15) is 13.2 Å². The molecule has 2 aromatic heterocycles. The number of aromatic nitrogens is 2. The Bertz CT molecular complexity index is 867. The molecule has 2 aliphatic rings. The number of halogens is 3. The van der Waals surface area contributed by atoms with Crippen molar-refractivity contribution in [2.24, 2.45) is 11.8 Å². The van der Waals surface area contributed by atoms with Crippen LogP contribution >= 0.6 is 11.3 Å². The van der Waals surface area contributed by atoms with Gasteiger partial charge in [-0.1, -0.05) is 6.07 Å². The van der Waals surface area contributed by atoms with Gasteiger partial charge >= 0.3 is 12.1 Å². The molecular formula is C19H21F3N4O4S. The Kier molecular flexibility index (Phi) is 7.44. The summed E-state index contributed by atoms with van der Waals surface area (Å²) in [5.74, 6) is -1.08. The number of carboxylic acid groups (broad SMARTS) is 1. The number of anilines is 1. The van der Waals surface area contributed by atoms with Crippen molar-refractivity contribution < 1.29 is 32.6 Å². The minimum atomic E-state index is -5.08. The summed E-state index contributed by atoms with van der Waals surface area (Å²) in [6.45, 7) is 3.05. The fourth-order valence-corrected chi connectivity index (χ4v) is 4.25. The van der Waals surface area contributed by atoms with E-state index >= 15 is 0 Å². The fourth-order valence-electron chi connectivity index (χ4n) is 3.56. The topological polar surface area (TPSA) is 105 Å². The van der Waals surface area contributed by atoms with Gasteiger partial charge in [0.2, 0.25) is 5.95 Å². The van der Waals surface area contributed by atoms with Crippen LogP contribution in [0.3, 0.4) is 0 Å². The predicted octanol–water partition coefficient (Wildman–Crippen LogP) is 2.76. The van der Waals surface area contributed by atoms with Crippen molar-refractivity contribution in [3.63, 3.8) is 0 Å². The lowest BCUT2D eigenvalue weighted by atomic mass is 9.84. The first kappa shape index (κ1) is 22.9. The van der Waals surface area contributed by atoms with E-state index in [2.05, 4.69) is 15.3 Å². The third-order valence-corrected chi connectivity index (χ3v) is 5.96. The van der Waals surface area contributed by atoms with Crippen LogP contribution in [0.15, 0.2) is 36.0 Å². The van der Waals surface area contributed by atoms with Crippen molar-refractivity contribution in [3.8, 4) is 0 Å². The largest absolute Gasteiger partial charge is 0.490 e. The molecule has 2 aromatic rings. The lowest BCUT2D eigenvalue weighted by Crippen LogP contribution is -2.46. The van der Waals surface area contributed by atoms with E-state index < -0.39 is 12.1 Å². The Labute approximate surface area is 180 Å². The second kappa shape index (κ2) is 10.1. The van der Waals surface area contributed by atoms with Gasteiger partial charge in [-0.05, 0) is 29.9 Å². The van der Waals surface area contributed by atoms with Gasteiger partial charge in [0.15, 0.2) is 0 Å². The van der Waals surface area contributed by atoms with Crippen LogP contribution in [0.2, 0.25) is 0 Å². The first-order valence-electron chi connectivity index (χ1n) is 9.51. The molecule has 0 spiro atoms. The minimum Gasteiger partial charge on any atom is -0.475 e. The molecule has 1 amide bonds. The summed E-state index contributed by atoms with van der Waals surface area (Å²) >= 11 is 1.51. The Morgan fingerprint density at radius 3 is 2.61 bits per heavy atom. The van der Waals surface area contributed by atoms with Crippen LogP contribution in [0.25, 0.3) is 0 Å². The van der Waals surface area contributed by atoms with E-state index in [1.165, 1.54) is 11.3 Å². The Balaban J connectivity index is 0.000000339. The highest BCUT2D eigenvalue weighted by Gasteiger charge is 2.42. The number of carbonyl (C=O) groups is 2. The summed E-state index contributed by atoms with van der Waals surface area (Å²) < 4.78 is 37.7. The number of carboxylic acids is 1. The first-order chi connectivity index (χ1) is 14.8. The number of likely N-dealkylation sites (tertiary alicyclic amines) is 1. The zero-order valence-electron chi connectivity index (χ0n) is 16.3. The molecular weight excluding hydrogens is 437 g/mol. The number of hydrogen-bond acceptors (Lipinski definition) is 7. The SMILES string of the molecule is O=C(O)C(F)(F)F.O=C(c1cccs1)N1CC[C@@H]2CO[C@@H](CNc3ncccn3)[C@@H]2C1. The lowest BCUT2D eigenvalue weighted by Gasteiger charge is -2.35. The summed E-state index contributed by atoms with van der Waals surface area (Å²) in [5, 5.41) is 12.3. The molecule has 3 atom stereocenters. The number of rotatable bonds is 4. The Morgan fingerprint density at radius 1 is 1.29 bits per heavy atom. The van der Waals surface area contributed by atoms with Crippen molar-refractivity contribution >= 4 is 29.2 Å². The maximum atomic E-state index is 12.6. The summed E-state index contributed by atoms with van der Waals surface area (Å²) in [5.41, 5.74) is 0. The van der Waals surface area contributed by atoms with E-state index in [4.69, 9.17) is 14.6 Å². The number of nitrogens with one attached hydrogen (secondary N) is 1. The van der Waals surface area contributed by atoms with Gasteiger partial charge in [0, 0.05) is 37.9 Å². The molecule has 2 fully saturated rings. The molecule has 0 aliphatic carbocycles. The molecule has 4 heterocycles. The number of hydrogen-bond donors (Lipinski definition) is 2. The molecule has 0 saturated carbocycles. The number of alkyl halides is 3. The van der Waals surface area contributed by atoms with E-state index in [0.29, 0.717) is 24.3 Å². The number of piperidine rings is 1. The van der Waals surface area contributed by atoms with Gasteiger partial charge in [-0.25, -0.2) is 14.8 Å². The first-order valence-corrected chi connectivity index (χ1v) is 10.4. The molecule has 0 aromatic carbocycles. The molecule has 0 bridgehead atoms.